The highest BCUT2D eigenvalue weighted by Crippen LogP contribution is 2.22. The zero-order valence-corrected chi connectivity index (χ0v) is 13.3. The zero-order valence-electron chi connectivity index (χ0n) is 11.8. The molecule has 3 rings (SSSR count). The first-order valence-corrected chi connectivity index (χ1v) is 7.88. The summed E-state index contributed by atoms with van der Waals surface area (Å²) in [6.07, 6.45) is 4.73. The minimum atomic E-state index is -0.476. The SMILES string of the molecule is N#Cc1ccc(COC(=O)/C=C/c2c(Cl)nc3sccn23)cc1. The topological polar surface area (TPSA) is 67.4 Å². The maximum atomic E-state index is 11.8. The van der Waals surface area contributed by atoms with Gasteiger partial charge < -0.3 is 4.74 Å². The monoisotopic (exact) mass is 343 g/mol. The van der Waals surface area contributed by atoms with Crippen molar-refractivity contribution in [3.05, 3.63) is 63.9 Å². The molecule has 0 saturated heterocycles. The molecular formula is C16H10ClN3O2S. The van der Waals surface area contributed by atoms with Crippen LogP contribution in [0.5, 0.6) is 0 Å². The number of carbonyl (C=O) groups excluding carboxylic acids is 1. The number of esters is 1. The molecular weight excluding hydrogens is 334 g/mol. The Morgan fingerprint density at radius 3 is 2.96 bits per heavy atom. The Labute approximate surface area is 141 Å². The summed E-state index contributed by atoms with van der Waals surface area (Å²) in [5.74, 6) is -0.476. The summed E-state index contributed by atoms with van der Waals surface area (Å²) in [5.41, 5.74) is 2.02. The van der Waals surface area contributed by atoms with Crippen LogP contribution in [-0.2, 0) is 16.1 Å². The van der Waals surface area contributed by atoms with Crippen LogP contribution in [0.3, 0.4) is 0 Å². The van der Waals surface area contributed by atoms with Crippen LogP contribution >= 0.6 is 22.9 Å². The first kappa shape index (κ1) is 15.3. The lowest BCUT2D eigenvalue weighted by Gasteiger charge is -2.02. The number of imidazole rings is 1. The number of ether oxygens (including phenoxy) is 1. The molecule has 0 spiro atoms. The summed E-state index contributed by atoms with van der Waals surface area (Å²) in [6.45, 7) is 0.142. The molecule has 0 N–H and O–H groups in total. The lowest BCUT2D eigenvalue weighted by molar-refractivity contribution is -0.138. The van der Waals surface area contributed by atoms with Crippen LogP contribution in [0.1, 0.15) is 16.8 Å². The first-order chi connectivity index (χ1) is 11.2. The van der Waals surface area contributed by atoms with Crippen molar-refractivity contribution in [2.75, 3.05) is 0 Å². The fourth-order valence-corrected chi connectivity index (χ4v) is 2.96. The van der Waals surface area contributed by atoms with Gasteiger partial charge in [-0.3, -0.25) is 4.40 Å². The number of nitrogens with zero attached hydrogens (tertiary/aromatic N) is 3. The molecule has 7 heteroatoms. The van der Waals surface area contributed by atoms with Gasteiger partial charge in [-0.2, -0.15) is 5.26 Å². The number of fused-ring (bicyclic) bond motifs is 1. The third-order valence-electron chi connectivity index (χ3n) is 3.10. The van der Waals surface area contributed by atoms with E-state index < -0.39 is 5.97 Å². The van der Waals surface area contributed by atoms with Gasteiger partial charge in [-0.1, -0.05) is 23.7 Å². The van der Waals surface area contributed by atoms with E-state index in [1.54, 1.807) is 34.7 Å². The van der Waals surface area contributed by atoms with Crippen molar-refractivity contribution < 1.29 is 9.53 Å². The van der Waals surface area contributed by atoms with Gasteiger partial charge >= 0.3 is 5.97 Å². The number of rotatable bonds is 4. The minimum Gasteiger partial charge on any atom is -0.458 e. The van der Waals surface area contributed by atoms with E-state index in [1.807, 2.05) is 17.6 Å². The Morgan fingerprint density at radius 1 is 1.43 bits per heavy atom. The summed E-state index contributed by atoms with van der Waals surface area (Å²) < 4.78 is 6.96. The highest BCUT2D eigenvalue weighted by molar-refractivity contribution is 7.15. The van der Waals surface area contributed by atoms with Crippen LogP contribution in [0.15, 0.2) is 41.9 Å². The van der Waals surface area contributed by atoms with E-state index in [0.717, 1.165) is 10.5 Å². The standard InChI is InChI=1S/C16H10ClN3O2S/c17-15-13(20-7-8-23-16(20)19-15)5-6-14(21)22-10-12-3-1-11(9-18)2-4-12/h1-8H,10H2/b6-5+. The molecule has 0 aliphatic rings. The number of halogens is 1. The Balaban J connectivity index is 1.63. The number of nitriles is 1. The molecule has 1 aromatic carbocycles. The van der Waals surface area contributed by atoms with Gasteiger partial charge in [0.2, 0.25) is 0 Å². The normalized spacial score (nSPS) is 11.0. The Hall–Kier alpha value is -2.62. The zero-order chi connectivity index (χ0) is 16.2. The van der Waals surface area contributed by atoms with Crippen molar-refractivity contribution in [2.45, 2.75) is 6.61 Å². The number of benzene rings is 1. The van der Waals surface area contributed by atoms with Gasteiger partial charge in [0.15, 0.2) is 10.1 Å². The van der Waals surface area contributed by atoms with Gasteiger partial charge in [0, 0.05) is 17.7 Å². The molecule has 0 atom stereocenters. The van der Waals surface area contributed by atoms with Crippen LogP contribution < -0.4 is 0 Å². The largest absolute Gasteiger partial charge is 0.458 e. The van der Waals surface area contributed by atoms with E-state index >= 15 is 0 Å². The van der Waals surface area contributed by atoms with E-state index in [2.05, 4.69) is 4.98 Å². The van der Waals surface area contributed by atoms with Gasteiger partial charge in [0.1, 0.15) is 6.61 Å². The van der Waals surface area contributed by atoms with Crippen molar-refractivity contribution in [2.24, 2.45) is 0 Å². The van der Waals surface area contributed by atoms with E-state index in [-0.39, 0.29) is 6.61 Å². The average Bonchev–Trinajstić information content (AvgIpc) is 3.12. The highest BCUT2D eigenvalue weighted by atomic mass is 35.5. The lowest BCUT2D eigenvalue weighted by atomic mass is 10.2. The molecule has 5 nitrogen and oxygen atoms in total. The smallest absolute Gasteiger partial charge is 0.331 e. The molecule has 2 heterocycles. The molecule has 0 saturated carbocycles. The van der Waals surface area contributed by atoms with E-state index in [0.29, 0.717) is 16.4 Å². The number of hydrogen-bond acceptors (Lipinski definition) is 5. The van der Waals surface area contributed by atoms with Gasteiger partial charge in [-0.25, -0.2) is 9.78 Å². The Bertz CT molecular complexity index is 919. The van der Waals surface area contributed by atoms with Crippen molar-refractivity contribution in [1.29, 1.82) is 5.26 Å². The summed E-state index contributed by atoms with van der Waals surface area (Å²) in [7, 11) is 0. The second kappa shape index (κ2) is 6.65. The first-order valence-electron chi connectivity index (χ1n) is 6.62. The fraction of sp³-hybridized carbons (Fsp3) is 0.0625. The predicted molar refractivity (Wildman–Crippen MR) is 88.1 cm³/mol. The van der Waals surface area contributed by atoms with Gasteiger partial charge in [-0.15, -0.1) is 11.3 Å². The molecule has 2 aromatic heterocycles. The molecule has 23 heavy (non-hydrogen) atoms. The van der Waals surface area contributed by atoms with Gasteiger partial charge in [0.25, 0.3) is 0 Å². The second-order valence-corrected chi connectivity index (χ2v) is 5.82. The lowest BCUT2D eigenvalue weighted by Crippen LogP contribution is -2.00. The minimum absolute atomic E-state index is 0.142. The molecule has 0 aliphatic heterocycles. The molecule has 0 bridgehead atoms. The quantitative estimate of drug-likeness (QED) is 0.535. The molecule has 114 valence electrons. The van der Waals surface area contributed by atoms with Crippen LogP contribution in [0, 0.1) is 11.3 Å². The Morgan fingerprint density at radius 2 is 2.22 bits per heavy atom. The molecule has 0 radical (unpaired) electrons. The average molecular weight is 344 g/mol. The molecule has 3 aromatic rings. The summed E-state index contributed by atoms with van der Waals surface area (Å²) in [6, 6.07) is 8.89. The number of carbonyl (C=O) groups is 1. The maximum Gasteiger partial charge on any atom is 0.331 e. The summed E-state index contributed by atoms with van der Waals surface area (Å²) in [4.78, 5) is 16.7. The van der Waals surface area contributed by atoms with E-state index in [4.69, 9.17) is 21.6 Å². The summed E-state index contributed by atoms with van der Waals surface area (Å²) >= 11 is 7.50. The molecule has 0 aliphatic carbocycles. The molecule has 0 fully saturated rings. The van der Waals surface area contributed by atoms with Crippen LogP contribution in [-0.4, -0.2) is 15.4 Å². The third-order valence-corrected chi connectivity index (χ3v) is 4.13. The van der Waals surface area contributed by atoms with Crippen molar-refractivity contribution >= 4 is 39.9 Å². The molecule has 0 unspecified atom stereocenters. The number of thiazole rings is 1. The second-order valence-electron chi connectivity index (χ2n) is 4.59. The van der Waals surface area contributed by atoms with Gasteiger partial charge in [0.05, 0.1) is 17.3 Å². The van der Waals surface area contributed by atoms with E-state index in [9.17, 15) is 4.79 Å². The molecule has 0 amide bonds. The summed E-state index contributed by atoms with van der Waals surface area (Å²) in [5, 5.41) is 11.0. The number of hydrogen-bond donors (Lipinski definition) is 0. The number of aromatic nitrogens is 2. The van der Waals surface area contributed by atoms with Crippen LogP contribution in [0.2, 0.25) is 5.15 Å². The van der Waals surface area contributed by atoms with Crippen LogP contribution in [0.25, 0.3) is 11.0 Å². The van der Waals surface area contributed by atoms with E-state index in [1.165, 1.54) is 17.4 Å². The fourth-order valence-electron chi connectivity index (χ4n) is 1.95. The highest BCUT2D eigenvalue weighted by Gasteiger charge is 2.09. The Kier molecular flexibility index (Phi) is 4.42. The van der Waals surface area contributed by atoms with Crippen molar-refractivity contribution in [3.8, 4) is 6.07 Å². The predicted octanol–water partition coefficient (Wildman–Crippen LogP) is 3.68. The van der Waals surface area contributed by atoms with Crippen molar-refractivity contribution in [1.82, 2.24) is 9.38 Å². The maximum absolute atomic E-state index is 11.8. The van der Waals surface area contributed by atoms with Crippen molar-refractivity contribution in [3.63, 3.8) is 0 Å². The third kappa shape index (κ3) is 3.42. The van der Waals surface area contributed by atoms with Gasteiger partial charge in [-0.05, 0) is 23.8 Å². The van der Waals surface area contributed by atoms with Crippen LogP contribution in [0.4, 0.5) is 0 Å².